The first-order valence-electron chi connectivity index (χ1n) is 4.06. The minimum absolute atomic E-state index is 0.0227. The molecule has 1 aromatic carbocycles. The molecule has 0 bridgehead atoms. The molecule has 0 aliphatic heterocycles. The van der Waals surface area contributed by atoms with Crippen molar-refractivity contribution < 1.29 is 9.84 Å². The van der Waals surface area contributed by atoms with Crippen LogP contribution in [0.1, 0.15) is 5.56 Å². The Bertz CT molecular complexity index is 276. The Hall–Kier alpha value is -1.26. The SMILES string of the molecule is Nc1ccc(COCCO)c(N)c1. The Morgan fingerprint density at radius 3 is 2.69 bits per heavy atom. The topological polar surface area (TPSA) is 81.5 Å². The second kappa shape index (κ2) is 4.69. The Balaban J connectivity index is 2.56. The summed E-state index contributed by atoms with van der Waals surface area (Å²) in [5, 5.41) is 8.48. The van der Waals surface area contributed by atoms with Gasteiger partial charge in [0.2, 0.25) is 0 Å². The van der Waals surface area contributed by atoms with E-state index in [1.807, 2.05) is 6.07 Å². The summed E-state index contributed by atoms with van der Waals surface area (Å²) in [6.45, 7) is 0.755. The van der Waals surface area contributed by atoms with E-state index in [4.69, 9.17) is 21.3 Å². The largest absolute Gasteiger partial charge is 0.399 e. The molecule has 0 aliphatic carbocycles. The number of ether oxygens (including phenoxy) is 1. The van der Waals surface area contributed by atoms with Gasteiger partial charge in [0.1, 0.15) is 0 Å². The van der Waals surface area contributed by atoms with E-state index in [1.54, 1.807) is 12.1 Å². The first-order chi connectivity index (χ1) is 6.24. The first kappa shape index (κ1) is 9.83. The molecule has 0 aromatic heterocycles. The van der Waals surface area contributed by atoms with Crippen LogP contribution in [-0.2, 0) is 11.3 Å². The molecule has 0 amide bonds. The van der Waals surface area contributed by atoms with Crippen LogP contribution in [0, 0.1) is 0 Å². The molecule has 0 aliphatic rings. The van der Waals surface area contributed by atoms with Crippen molar-refractivity contribution in [2.24, 2.45) is 0 Å². The normalized spacial score (nSPS) is 10.2. The van der Waals surface area contributed by atoms with Gasteiger partial charge in [-0.15, -0.1) is 0 Å². The van der Waals surface area contributed by atoms with E-state index in [0.717, 1.165) is 5.56 Å². The fourth-order valence-electron chi connectivity index (χ4n) is 0.992. The van der Waals surface area contributed by atoms with Crippen LogP contribution in [0.15, 0.2) is 18.2 Å². The van der Waals surface area contributed by atoms with Crippen molar-refractivity contribution in [1.29, 1.82) is 0 Å². The van der Waals surface area contributed by atoms with Gasteiger partial charge in [-0.1, -0.05) is 6.07 Å². The molecular weight excluding hydrogens is 168 g/mol. The number of nitrogens with two attached hydrogens (primary N) is 2. The highest BCUT2D eigenvalue weighted by Gasteiger charge is 1.98. The second-order valence-corrected chi connectivity index (χ2v) is 2.73. The lowest BCUT2D eigenvalue weighted by Gasteiger charge is -2.06. The van der Waals surface area contributed by atoms with Gasteiger partial charge in [-0.05, 0) is 12.1 Å². The Morgan fingerprint density at radius 1 is 1.31 bits per heavy atom. The lowest BCUT2D eigenvalue weighted by Crippen LogP contribution is -2.02. The third kappa shape index (κ3) is 2.93. The quantitative estimate of drug-likeness (QED) is 0.464. The van der Waals surface area contributed by atoms with E-state index in [9.17, 15) is 0 Å². The third-order valence-electron chi connectivity index (χ3n) is 1.66. The number of aliphatic hydroxyl groups excluding tert-OH is 1. The van der Waals surface area contributed by atoms with Crippen LogP contribution in [0.25, 0.3) is 0 Å². The third-order valence-corrected chi connectivity index (χ3v) is 1.66. The van der Waals surface area contributed by atoms with Crippen molar-refractivity contribution in [2.45, 2.75) is 6.61 Å². The molecule has 4 nitrogen and oxygen atoms in total. The Morgan fingerprint density at radius 2 is 2.08 bits per heavy atom. The van der Waals surface area contributed by atoms with Gasteiger partial charge in [-0.2, -0.15) is 0 Å². The van der Waals surface area contributed by atoms with Crippen LogP contribution in [0.4, 0.5) is 11.4 Å². The lowest BCUT2D eigenvalue weighted by atomic mass is 10.2. The summed E-state index contributed by atoms with van der Waals surface area (Å²) in [7, 11) is 0. The van der Waals surface area contributed by atoms with E-state index >= 15 is 0 Å². The molecular formula is C9H14N2O2. The molecule has 0 saturated heterocycles. The van der Waals surface area contributed by atoms with Gasteiger partial charge in [0.05, 0.1) is 19.8 Å². The Kier molecular flexibility index (Phi) is 3.54. The molecule has 1 rings (SSSR count). The van der Waals surface area contributed by atoms with Crippen molar-refractivity contribution in [3.63, 3.8) is 0 Å². The van der Waals surface area contributed by atoms with E-state index in [0.29, 0.717) is 24.6 Å². The molecule has 5 N–H and O–H groups in total. The van der Waals surface area contributed by atoms with Gasteiger partial charge in [0.15, 0.2) is 0 Å². The Labute approximate surface area is 77.1 Å². The monoisotopic (exact) mass is 182 g/mol. The molecule has 0 radical (unpaired) electrons. The molecule has 0 unspecified atom stereocenters. The van der Waals surface area contributed by atoms with Gasteiger partial charge in [-0.25, -0.2) is 0 Å². The van der Waals surface area contributed by atoms with Gasteiger partial charge in [0.25, 0.3) is 0 Å². The van der Waals surface area contributed by atoms with E-state index in [1.165, 1.54) is 0 Å². The molecule has 0 atom stereocenters. The number of benzene rings is 1. The maximum atomic E-state index is 8.48. The molecule has 72 valence electrons. The van der Waals surface area contributed by atoms with Crippen molar-refractivity contribution in [3.05, 3.63) is 23.8 Å². The zero-order valence-corrected chi connectivity index (χ0v) is 7.36. The number of hydrogen-bond donors (Lipinski definition) is 3. The van der Waals surface area contributed by atoms with Crippen molar-refractivity contribution >= 4 is 11.4 Å². The summed E-state index contributed by atoms with van der Waals surface area (Å²) in [6.07, 6.45) is 0. The lowest BCUT2D eigenvalue weighted by molar-refractivity contribution is 0.0818. The summed E-state index contributed by atoms with van der Waals surface area (Å²) < 4.78 is 5.12. The predicted octanol–water partition coefficient (Wildman–Crippen LogP) is 0.360. The summed E-state index contributed by atoms with van der Waals surface area (Å²) >= 11 is 0. The second-order valence-electron chi connectivity index (χ2n) is 2.73. The van der Waals surface area contributed by atoms with Crippen LogP contribution in [0.3, 0.4) is 0 Å². The summed E-state index contributed by atoms with van der Waals surface area (Å²) in [6, 6.07) is 5.29. The zero-order chi connectivity index (χ0) is 9.68. The maximum Gasteiger partial charge on any atom is 0.0738 e. The molecule has 0 fully saturated rings. The fourth-order valence-corrected chi connectivity index (χ4v) is 0.992. The van der Waals surface area contributed by atoms with Crippen LogP contribution in [0.5, 0.6) is 0 Å². The molecule has 0 heterocycles. The summed E-state index contributed by atoms with van der Waals surface area (Å²) in [5.74, 6) is 0. The van der Waals surface area contributed by atoms with Crippen molar-refractivity contribution in [1.82, 2.24) is 0 Å². The van der Waals surface area contributed by atoms with Crippen LogP contribution in [0.2, 0.25) is 0 Å². The van der Waals surface area contributed by atoms with Crippen molar-refractivity contribution in [2.75, 3.05) is 24.7 Å². The van der Waals surface area contributed by atoms with Crippen LogP contribution < -0.4 is 11.5 Å². The average Bonchev–Trinajstić information content (AvgIpc) is 2.09. The van der Waals surface area contributed by atoms with Crippen molar-refractivity contribution in [3.8, 4) is 0 Å². The molecule has 0 spiro atoms. The van der Waals surface area contributed by atoms with E-state index < -0.39 is 0 Å². The smallest absolute Gasteiger partial charge is 0.0738 e. The fraction of sp³-hybridized carbons (Fsp3) is 0.333. The van der Waals surface area contributed by atoms with Crippen LogP contribution in [-0.4, -0.2) is 18.3 Å². The maximum absolute atomic E-state index is 8.48. The number of nitrogen functional groups attached to an aromatic ring is 2. The van der Waals surface area contributed by atoms with Gasteiger partial charge >= 0.3 is 0 Å². The van der Waals surface area contributed by atoms with Gasteiger partial charge < -0.3 is 21.3 Å². The van der Waals surface area contributed by atoms with E-state index in [2.05, 4.69) is 0 Å². The van der Waals surface area contributed by atoms with Gasteiger partial charge in [-0.3, -0.25) is 0 Å². The zero-order valence-electron chi connectivity index (χ0n) is 7.36. The predicted molar refractivity (Wildman–Crippen MR) is 52.0 cm³/mol. The molecule has 4 heteroatoms. The molecule has 0 saturated carbocycles. The highest BCUT2D eigenvalue weighted by Crippen LogP contribution is 2.16. The number of aliphatic hydroxyl groups is 1. The molecule has 13 heavy (non-hydrogen) atoms. The van der Waals surface area contributed by atoms with Gasteiger partial charge in [0, 0.05) is 16.9 Å². The summed E-state index contributed by atoms with van der Waals surface area (Å²) in [4.78, 5) is 0. The number of anilines is 2. The highest BCUT2D eigenvalue weighted by atomic mass is 16.5. The average molecular weight is 182 g/mol. The summed E-state index contributed by atoms with van der Waals surface area (Å²) in [5.41, 5.74) is 13.4. The van der Waals surface area contributed by atoms with Crippen LogP contribution >= 0.6 is 0 Å². The minimum atomic E-state index is 0.0227. The first-order valence-corrected chi connectivity index (χ1v) is 4.06. The standard InChI is InChI=1S/C9H14N2O2/c10-8-2-1-7(9(11)5-8)6-13-4-3-12/h1-2,5,12H,3-4,6,10-11H2. The number of rotatable bonds is 4. The highest BCUT2D eigenvalue weighted by molar-refractivity contribution is 5.56. The molecule has 1 aromatic rings. The number of hydrogen-bond acceptors (Lipinski definition) is 4. The van der Waals surface area contributed by atoms with E-state index in [-0.39, 0.29) is 6.61 Å². The minimum Gasteiger partial charge on any atom is -0.399 e.